The summed E-state index contributed by atoms with van der Waals surface area (Å²) < 4.78 is 37.9. The molecule has 1 aromatic rings. The monoisotopic (exact) mass is 452 g/mol. The number of aromatic nitrogens is 2. The van der Waals surface area contributed by atoms with Gasteiger partial charge in [0.25, 0.3) is 5.91 Å². The third-order valence-electron chi connectivity index (χ3n) is 2.96. The molecule has 0 bridgehead atoms. The van der Waals surface area contributed by atoms with Gasteiger partial charge >= 0.3 is 18.2 Å². The Hall–Kier alpha value is -3.45. The molecule has 1 atom stereocenters. The lowest BCUT2D eigenvalue weighted by atomic mass is 10.2. The van der Waals surface area contributed by atoms with Gasteiger partial charge in [0.2, 0.25) is 6.54 Å². The first kappa shape index (κ1) is 27.5. The van der Waals surface area contributed by atoms with Crippen LogP contribution < -0.4 is 20.4 Å². The molecule has 1 aromatic heterocycles. The number of amides is 2. The third-order valence-corrected chi connectivity index (χ3v) is 2.96. The van der Waals surface area contributed by atoms with E-state index in [9.17, 15) is 32.7 Å². The molecular weight excluding hydrogens is 429 g/mol. The summed E-state index contributed by atoms with van der Waals surface area (Å²) in [6.07, 6.45) is -3.22. The van der Waals surface area contributed by atoms with Gasteiger partial charge in [0, 0.05) is 12.6 Å². The number of carboxylic acid groups (broad SMARTS) is 2. The molecule has 14 heteroatoms. The molecule has 0 aliphatic heterocycles. The first-order valence-electron chi connectivity index (χ1n) is 8.71. The van der Waals surface area contributed by atoms with Crippen LogP contribution in [0.1, 0.15) is 38.1 Å². The Balaban J connectivity index is 0.00000110. The van der Waals surface area contributed by atoms with Crippen LogP contribution in [0, 0.1) is 0 Å². The summed E-state index contributed by atoms with van der Waals surface area (Å²) in [5, 5.41) is 26.9. The minimum Gasteiger partial charge on any atom is -0.542 e. The number of alkyl halides is 3. The van der Waals surface area contributed by atoms with Gasteiger partial charge in [-0.2, -0.15) is 13.2 Å². The zero-order chi connectivity index (χ0) is 24.4. The van der Waals surface area contributed by atoms with Crippen LogP contribution in [0.25, 0.3) is 0 Å². The van der Waals surface area contributed by atoms with E-state index in [1.165, 1.54) is 23.1 Å². The highest BCUT2D eigenvalue weighted by Gasteiger charge is 2.29. The van der Waals surface area contributed by atoms with E-state index in [-0.39, 0.29) is 12.5 Å². The first-order valence-corrected chi connectivity index (χ1v) is 8.71. The molecule has 2 amide bonds. The van der Waals surface area contributed by atoms with Crippen LogP contribution in [-0.2, 0) is 20.9 Å². The number of rotatable bonds is 6. The second kappa shape index (κ2) is 11.7. The molecule has 31 heavy (non-hydrogen) atoms. The van der Waals surface area contributed by atoms with E-state index >= 15 is 0 Å². The maximum atomic E-state index is 11.7. The number of hydrogen-bond acceptors (Lipinski definition) is 7. The summed E-state index contributed by atoms with van der Waals surface area (Å²) in [7, 11) is 0. The molecule has 0 radical (unpaired) electrons. The van der Waals surface area contributed by atoms with Crippen LogP contribution in [0.4, 0.5) is 18.0 Å². The van der Waals surface area contributed by atoms with Gasteiger partial charge in [-0.3, -0.25) is 4.79 Å². The Morgan fingerprint density at radius 2 is 1.81 bits per heavy atom. The van der Waals surface area contributed by atoms with E-state index < -0.39 is 35.9 Å². The van der Waals surface area contributed by atoms with Crippen molar-refractivity contribution in [2.45, 2.75) is 52.1 Å². The summed E-state index contributed by atoms with van der Waals surface area (Å²) in [6, 6.07) is 0.303. The average molecular weight is 452 g/mol. The van der Waals surface area contributed by atoms with Crippen molar-refractivity contribution in [2.75, 3.05) is 6.54 Å². The van der Waals surface area contributed by atoms with Crippen molar-refractivity contribution < 1.29 is 52.0 Å². The van der Waals surface area contributed by atoms with Gasteiger partial charge in [0.15, 0.2) is 12.2 Å². The lowest BCUT2D eigenvalue weighted by Gasteiger charge is -2.20. The fourth-order valence-electron chi connectivity index (χ4n) is 1.71. The molecule has 0 spiro atoms. The summed E-state index contributed by atoms with van der Waals surface area (Å²) in [5.74, 6) is -4.49. The molecule has 11 nitrogen and oxygen atoms in total. The second-order valence-corrected chi connectivity index (χ2v) is 6.82. The highest BCUT2D eigenvalue weighted by molar-refractivity contribution is 5.93. The predicted octanol–water partition coefficient (Wildman–Crippen LogP) is -0.605. The van der Waals surface area contributed by atoms with E-state index in [1.807, 2.05) is 0 Å². The smallest absolute Gasteiger partial charge is 0.430 e. The average Bonchev–Trinajstić information content (AvgIpc) is 2.60. The van der Waals surface area contributed by atoms with Gasteiger partial charge in [0.1, 0.15) is 17.8 Å². The molecule has 1 heterocycles. The third kappa shape index (κ3) is 12.0. The predicted molar refractivity (Wildman–Crippen MR) is 94.3 cm³/mol. The SMILES string of the molecule is CCNC(=O)c1cc[n+](C[C@H](NC(=O)OC(C)(C)C)C(=O)O)nc1.O=C([O-])C(F)(F)F. The number of carbonyl (C=O) groups excluding carboxylic acids is 3. The summed E-state index contributed by atoms with van der Waals surface area (Å²) in [6.45, 7) is 7.23. The van der Waals surface area contributed by atoms with Gasteiger partial charge in [-0.05, 0) is 32.8 Å². The normalized spacial score (nSPS) is 12.0. The lowest BCUT2D eigenvalue weighted by molar-refractivity contribution is -0.754. The zero-order valence-electron chi connectivity index (χ0n) is 17.1. The maximum Gasteiger partial charge on any atom is 0.430 e. The van der Waals surface area contributed by atoms with Crippen LogP contribution in [0.2, 0.25) is 0 Å². The lowest BCUT2D eigenvalue weighted by Crippen LogP contribution is -2.53. The van der Waals surface area contributed by atoms with E-state index in [0.717, 1.165) is 0 Å². The highest BCUT2D eigenvalue weighted by Crippen LogP contribution is 2.11. The molecule has 1 rings (SSSR count). The van der Waals surface area contributed by atoms with Gasteiger partial charge in [-0.25, -0.2) is 9.59 Å². The number of carbonyl (C=O) groups is 4. The van der Waals surface area contributed by atoms with Crippen LogP contribution in [0.5, 0.6) is 0 Å². The first-order chi connectivity index (χ1) is 14.1. The van der Waals surface area contributed by atoms with Crippen molar-refractivity contribution in [3.8, 4) is 0 Å². The molecule has 0 fully saturated rings. The molecule has 3 N–H and O–H groups in total. The molecular formula is C17H23F3N4O7. The highest BCUT2D eigenvalue weighted by atomic mass is 19.4. The number of nitrogens with zero attached hydrogens (tertiary/aromatic N) is 2. The second-order valence-electron chi connectivity index (χ2n) is 6.82. The number of nitrogens with one attached hydrogen (secondary N) is 2. The quantitative estimate of drug-likeness (QED) is 0.482. The van der Waals surface area contributed by atoms with Crippen molar-refractivity contribution >= 4 is 23.9 Å². The summed E-state index contributed by atoms with van der Waals surface area (Å²) in [4.78, 5) is 43.4. The van der Waals surface area contributed by atoms with Gasteiger partial charge in [-0.1, -0.05) is 4.68 Å². The van der Waals surface area contributed by atoms with Crippen molar-refractivity contribution in [3.05, 3.63) is 24.0 Å². The number of hydrogen-bond donors (Lipinski definition) is 3. The van der Waals surface area contributed by atoms with E-state index in [0.29, 0.717) is 12.1 Å². The fraction of sp³-hybridized carbons (Fsp3) is 0.529. The van der Waals surface area contributed by atoms with Crippen LogP contribution >= 0.6 is 0 Å². The standard InChI is InChI=1S/C15H22N4O5.C2HF3O2/c1-5-16-12(20)10-6-7-19(17-8-10)9-11(13(21)22)18-14(23)24-15(2,3)4;3-2(4,5)1(6)7/h6-8,11H,5,9H2,1-4H3,(H2-,16,18,20,21,22,23);(H,6,7)/t11-;/m0./s1. The van der Waals surface area contributed by atoms with E-state index in [1.54, 1.807) is 27.7 Å². The summed E-state index contributed by atoms with van der Waals surface area (Å²) >= 11 is 0. The molecule has 0 aromatic carbocycles. The number of ether oxygens (including phenoxy) is 1. The van der Waals surface area contributed by atoms with E-state index in [2.05, 4.69) is 15.7 Å². The fourth-order valence-corrected chi connectivity index (χ4v) is 1.71. The van der Waals surface area contributed by atoms with Crippen molar-refractivity contribution in [3.63, 3.8) is 0 Å². The molecule has 0 unspecified atom stereocenters. The van der Waals surface area contributed by atoms with Crippen molar-refractivity contribution in [2.24, 2.45) is 0 Å². The Kier molecular flexibility index (Phi) is 10.4. The van der Waals surface area contributed by atoms with Crippen molar-refractivity contribution in [1.82, 2.24) is 15.7 Å². The number of aliphatic carboxylic acids is 2. The largest absolute Gasteiger partial charge is 0.542 e. The number of alkyl carbamates (subject to hydrolysis) is 1. The Bertz CT molecular complexity index is 777. The molecule has 0 saturated carbocycles. The molecule has 174 valence electrons. The number of halogens is 3. The molecule has 0 saturated heterocycles. The van der Waals surface area contributed by atoms with Crippen LogP contribution in [0.3, 0.4) is 0 Å². The minimum atomic E-state index is -5.19. The molecule has 0 aliphatic carbocycles. The van der Waals surface area contributed by atoms with Gasteiger partial charge in [-0.15, -0.1) is 0 Å². The topological polar surface area (TPSA) is 162 Å². The Labute approximate surface area is 175 Å². The van der Waals surface area contributed by atoms with Crippen LogP contribution in [-0.4, -0.2) is 58.5 Å². The Morgan fingerprint density at radius 3 is 2.16 bits per heavy atom. The van der Waals surface area contributed by atoms with Gasteiger partial charge < -0.3 is 30.4 Å². The molecule has 0 aliphatic rings. The van der Waals surface area contributed by atoms with Crippen LogP contribution in [0.15, 0.2) is 18.5 Å². The summed E-state index contributed by atoms with van der Waals surface area (Å²) in [5.41, 5.74) is -0.368. The minimum absolute atomic E-state index is 0.107. The maximum absolute atomic E-state index is 11.7. The van der Waals surface area contributed by atoms with E-state index in [4.69, 9.17) is 14.6 Å². The Morgan fingerprint density at radius 1 is 1.26 bits per heavy atom. The van der Waals surface area contributed by atoms with Gasteiger partial charge in [0.05, 0.1) is 5.56 Å². The number of carboxylic acids is 2. The zero-order valence-corrected chi connectivity index (χ0v) is 17.1. The van der Waals surface area contributed by atoms with Crippen molar-refractivity contribution in [1.29, 1.82) is 0 Å².